The summed E-state index contributed by atoms with van der Waals surface area (Å²) in [5.41, 5.74) is 1.44. The van der Waals surface area contributed by atoms with Crippen molar-refractivity contribution >= 4 is 0 Å². The van der Waals surface area contributed by atoms with Crippen molar-refractivity contribution in [1.82, 2.24) is 10.2 Å². The zero-order valence-electron chi connectivity index (χ0n) is 11.0. The van der Waals surface area contributed by atoms with Crippen molar-refractivity contribution in [3.05, 3.63) is 35.9 Å². The standard InChI is InChI=1S/C15H24N2/c1-13(14-6-4-3-5-7-14)12-17(2)11-10-16-15-8-9-15/h3-7,13,15-16H,8-12H2,1-2H3. The fourth-order valence-electron chi connectivity index (χ4n) is 2.19. The summed E-state index contributed by atoms with van der Waals surface area (Å²) in [6.07, 6.45) is 2.76. The second-order valence-electron chi connectivity index (χ2n) is 5.30. The molecule has 2 heteroatoms. The minimum atomic E-state index is 0.613. The van der Waals surface area contributed by atoms with E-state index >= 15 is 0 Å². The Morgan fingerprint density at radius 3 is 2.65 bits per heavy atom. The number of hydrogen-bond donors (Lipinski definition) is 1. The summed E-state index contributed by atoms with van der Waals surface area (Å²) < 4.78 is 0. The van der Waals surface area contributed by atoms with Crippen LogP contribution in [0.25, 0.3) is 0 Å². The molecule has 0 amide bonds. The highest BCUT2D eigenvalue weighted by Crippen LogP contribution is 2.18. The third kappa shape index (κ3) is 4.49. The van der Waals surface area contributed by atoms with Gasteiger partial charge in [-0.2, -0.15) is 0 Å². The first kappa shape index (κ1) is 12.6. The van der Waals surface area contributed by atoms with Crippen molar-refractivity contribution in [3.8, 4) is 0 Å². The molecular weight excluding hydrogens is 208 g/mol. The monoisotopic (exact) mass is 232 g/mol. The second-order valence-corrected chi connectivity index (χ2v) is 5.30. The molecule has 1 atom stereocenters. The maximum atomic E-state index is 3.56. The lowest BCUT2D eigenvalue weighted by Crippen LogP contribution is -2.32. The van der Waals surface area contributed by atoms with E-state index in [2.05, 4.69) is 54.5 Å². The van der Waals surface area contributed by atoms with E-state index in [1.165, 1.54) is 18.4 Å². The average molecular weight is 232 g/mol. The van der Waals surface area contributed by atoms with Gasteiger partial charge in [0.2, 0.25) is 0 Å². The van der Waals surface area contributed by atoms with Gasteiger partial charge in [0.05, 0.1) is 0 Å². The fourth-order valence-corrected chi connectivity index (χ4v) is 2.19. The summed E-state index contributed by atoms with van der Waals surface area (Å²) in [5, 5.41) is 3.56. The van der Waals surface area contributed by atoms with Crippen molar-refractivity contribution in [2.24, 2.45) is 0 Å². The first-order valence-corrected chi connectivity index (χ1v) is 6.72. The summed E-state index contributed by atoms with van der Waals surface area (Å²) in [6, 6.07) is 11.6. The van der Waals surface area contributed by atoms with Gasteiger partial charge < -0.3 is 10.2 Å². The van der Waals surface area contributed by atoms with Gasteiger partial charge in [-0.05, 0) is 31.4 Å². The molecular formula is C15H24N2. The van der Waals surface area contributed by atoms with E-state index in [1.807, 2.05) is 0 Å². The van der Waals surface area contributed by atoms with Crippen LogP contribution in [-0.4, -0.2) is 37.6 Å². The number of hydrogen-bond acceptors (Lipinski definition) is 2. The van der Waals surface area contributed by atoms with E-state index in [4.69, 9.17) is 0 Å². The minimum Gasteiger partial charge on any atom is -0.313 e. The summed E-state index contributed by atoms with van der Waals surface area (Å²) in [5.74, 6) is 0.613. The van der Waals surface area contributed by atoms with Gasteiger partial charge in [-0.1, -0.05) is 37.3 Å². The molecule has 17 heavy (non-hydrogen) atoms. The summed E-state index contributed by atoms with van der Waals surface area (Å²) in [4.78, 5) is 2.42. The highest BCUT2D eigenvalue weighted by Gasteiger charge is 2.19. The Labute approximate surface area is 105 Å². The summed E-state index contributed by atoms with van der Waals surface area (Å²) >= 11 is 0. The van der Waals surface area contributed by atoms with Crippen molar-refractivity contribution in [3.63, 3.8) is 0 Å². The molecule has 0 spiro atoms. The van der Waals surface area contributed by atoms with E-state index in [-0.39, 0.29) is 0 Å². The van der Waals surface area contributed by atoms with Crippen LogP contribution < -0.4 is 5.32 Å². The Morgan fingerprint density at radius 1 is 1.29 bits per heavy atom. The zero-order chi connectivity index (χ0) is 12.1. The lowest BCUT2D eigenvalue weighted by Gasteiger charge is -2.21. The topological polar surface area (TPSA) is 15.3 Å². The van der Waals surface area contributed by atoms with Crippen LogP contribution in [0.4, 0.5) is 0 Å². The quantitative estimate of drug-likeness (QED) is 0.777. The minimum absolute atomic E-state index is 0.613. The number of benzene rings is 1. The molecule has 1 aromatic rings. The van der Waals surface area contributed by atoms with Crippen LogP contribution in [-0.2, 0) is 0 Å². The molecule has 0 heterocycles. The van der Waals surface area contributed by atoms with Gasteiger partial charge in [0, 0.05) is 25.7 Å². The summed E-state index contributed by atoms with van der Waals surface area (Å²) in [7, 11) is 2.22. The van der Waals surface area contributed by atoms with Crippen LogP contribution >= 0.6 is 0 Å². The maximum absolute atomic E-state index is 3.56. The van der Waals surface area contributed by atoms with Crippen LogP contribution in [0.5, 0.6) is 0 Å². The molecule has 0 bridgehead atoms. The van der Waals surface area contributed by atoms with Crippen molar-refractivity contribution < 1.29 is 0 Å². The third-order valence-electron chi connectivity index (χ3n) is 3.46. The van der Waals surface area contributed by atoms with Gasteiger partial charge in [-0.3, -0.25) is 0 Å². The Kier molecular flexibility index (Phi) is 4.57. The highest BCUT2D eigenvalue weighted by atomic mass is 15.1. The number of likely N-dealkylation sites (N-methyl/N-ethyl adjacent to an activating group) is 1. The molecule has 94 valence electrons. The van der Waals surface area contributed by atoms with Gasteiger partial charge in [0.25, 0.3) is 0 Å². The van der Waals surface area contributed by atoms with E-state index in [1.54, 1.807) is 0 Å². The van der Waals surface area contributed by atoms with Crippen LogP contribution in [0, 0.1) is 0 Å². The molecule has 2 nitrogen and oxygen atoms in total. The van der Waals surface area contributed by atoms with Crippen LogP contribution in [0.3, 0.4) is 0 Å². The van der Waals surface area contributed by atoms with Crippen LogP contribution in [0.1, 0.15) is 31.2 Å². The van der Waals surface area contributed by atoms with Crippen molar-refractivity contribution in [2.45, 2.75) is 31.7 Å². The number of nitrogens with one attached hydrogen (secondary N) is 1. The normalized spacial score (nSPS) is 17.4. The van der Waals surface area contributed by atoms with E-state index in [0.717, 1.165) is 25.7 Å². The molecule has 1 aromatic carbocycles. The fraction of sp³-hybridized carbons (Fsp3) is 0.600. The molecule has 1 aliphatic carbocycles. The smallest absolute Gasteiger partial charge is 0.0104 e. The molecule has 0 radical (unpaired) electrons. The Balaban J connectivity index is 1.67. The van der Waals surface area contributed by atoms with Gasteiger partial charge >= 0.3 is 0 Å². The molecule has 1 unspecified atom stereocenters. The molecule has 0 aromatic heterocycles. The molecule has 1 aliphatic rings. The zero-order valence-corrected chi connectivity index (χ0v) is 11.0. The van der Waals surface area contributed by atoms with E-state index in [0.29, 0.717) is 5.92 Å². The maximum Gasteiger partial charge on any atom is 0.0104 e. The molecule has 1 N–H and O–H groups in total. The molecule has 0 saturated heterocycles. The lowest BCUT2D eigenvalue weighted by molar-refractivity contribution is 0.314. The number of rotatable bonds is 7. The second kappa shape index (κ2) is 6.18. The Morgan fingerprint density at radius 2 is 2.00 bits per heavy atom. The Bertz CT molecular complexity index is 319. The highest BCUT2D eigenvalue weighted by molar-refractivity contribution is 5.18. The predicted molar refractivity (Wildman–Crippen MR) is 73.4 cm³/mol. The summed E-state index contributed by atoms with van der Waals surface area (Å²) in [6.45, 7) is 5.72. The van der Waals surface area contributed by atoms with Crippen molar-refractivity contribution in [2.75, 3.05) is 26.7 Å². The molecule has 0 aliphatic heterocycles. The van der Waals surface area contributed by atoms with Gasteiger partial charge in [-0.15, -0.1) is 0 Å². The van der Waals surface area contributed by atoms with Crippen molar-refractivity contribution in [1.29, 1.82) is 0 Å². The van der Waals surface area contributed by atoms with E-state index < -0.39 is 0 Å². The van der Waals surface area contributed by atoms with Gasteiger partial charge in [0.15, 0.2) is 0 Å². The molecule has 2 rings (SSSR count). The van der Waals surface area contributed by atoms with Gasteiger partial charge in [0.1, 0.15) is 0 Å². The van der Waals surface area contributed by atoms with Gasteiger partial charge in [-0.25, -0.2) is 0 Å². The Hall–Kier alpha value is -0.860. The molecule has 1 fully saturated rings. The predicted octanol–water partition coefficient (Wildman–Crippen LogP) is 2.47. The SMILES string of the molecule is CC(CN(C)CCNC1CC1)c1ccccc1. The first-order chi connectivity index (χ1) is 8.25. The average Bonchev–Trinajstić information content (AvgIpc) is 3.14. The third-order valence-corrected chi connectivity index (χ3v) is 3.46. The van der Waals surface area contributed by atoms with E-state index in [9.17, 15) is 0 Å². The first-order valence-electron chi connectivity index (χ1n) is 6.72. The number of nitrogens with zero attached hydrogens (tertiary/aromatic N) is 1. The van der Waals surface area contributed by atoms with Crippen LogP contribution in [0.2, 0.25) is 0 Å². The van der Waals surface area contributed by atoms with Crippen LogP contribution in [0.15, 0.2) is 30.3 Å². The lowest BCUT2D eigenvalue weighted by atomic mass is 10.0. The largest absolute Gasteiger partial charge is 0.313 e. The molecule has 1 saturated carbocycles.